The van der Waals surface area contributed by atoms with Crippen molar-refractivity contribution in [3.05, 3.63) is 29.8 Å². The summed E-state index contributed by atoms with van der Waals surface area (Å²) in [6.45, 7) is 4.47. The Morgan fingerprint density at radius 2 is 2.10 bits per heavy atom. The normalized spacial score (nSPS) is 25.6. The van der Waals surface area contributed by atoms with E-state index in [-0.39, 0.29) is 12.1 Å². The zero-order valence-electron chi connectivity index (χ0n) is 13.9. The minimum absolute atomic E-state index is 0.0966. The van der Waals surface area contributed by atoms with Crippen LogP contribution in [0.3, 0.4) is 0 Å². The first-order valence-electron chi connectivity index (χ1n) is 8.14. The third-order valence-corrected chi connectivity index (χ3v) is 4.86. The number of methoxy groups -OCH3 is 1. The molecule has 21 heavy (non-hydrogen) atoms. The van der Waals surface area contributed by atoms with Gasteiger partial charge in [0.15, 0.2) is 0 Å². The van der Waals surface area contributed by atoms with Crippen LogP contribution < -0.4 is 10.5 Å². The van der Waals surface area contributed by atoms with E-state index in [0.29, 0.717) is 6.04 Å². The molecule has 4 atom stereocenters. The van der Waals surface area contributed by atoms with E-state index in [1.165, 1.54) is 31.2 Å². The molecule has 0 bridgehead atoms. The molecular weight excluding hydrogens is 260 g/mol. The van der Waals surface area contributed by atoms with Gasteiger partial charge in [0.05, 0.1) is 7.11 Å². The molecule has 4 unspecified atom stereocenters. The second kappa shape index (κ2) is 7.28. The van der Waals surface area contributed by atoms with Gasteiger partial charge in [-0.05, 0) is 50.4 Å². The molecule has 2 N–H and O–H groups in total. The number of hydrogen-bond acceptors (Lipinski definition) is 3. The summed E-state index contributed by atoms with van der Waals surface area (Å²) in [7, 11) is 3.95. The van der Waals surface area contributed by atoms with Crippen molar-refractivity contribution >= 4 is 0 Å². The van der Waals surface area contributed by atoms with Crippen LogP contribution in [0.25, 0.3) is 0 Å². The molecule has 1 aliphatic rings. The summed E-state index contributed by atoms with van der Waals surface area (Å²) in [4.78, 5) is 2.50. The number of nitrogens with zero attached hydrogens (tertiary/aromatic N) is 1. The van der Waals surface area contributed by atoms with E-state index in [2.05, 4.69) is 44.0 Å². The predicted molar refractivity (Wildman–Crippen MR) is 88.6 cm³/mol. The molecule has 0 aromatic heterocycles. The van der Waals surface area contributed by atoms with Gasteiger partial charge in [-0.25, -0.2) is 0 Å². The molecule has 1 fully saturated rings. The Labute approximate surface area is 129 Å². The monoisotopic (exact) mass is 290 g/mol. The van der Waals surface area contributed by atoms with Crippen LogP contribution in [0.4, 0.5) is 0 Å². The number of likely N-dealkylation sites (N-methyl/N-ethyl adjacent to an activating group) is 1. The van der Waals surface area contributed by atoms with E-state index in [9.17, 15) is 0 Å². The number of benzene rings is 1. The van der Waals surface area contributed by atoms with Crippen molar-refractivity contribution in [1.29, 1.82) is 0 Å². The maximum Gasteiger partial charge on any atom is 0.119 e. The quantitative estimate of drug-likeness (QED) is 0.900. The molecule has 2 rings (SSSR count). The SMILES string of the molecule is COc1cccc(C(C(C)N)N(C)C2CCCC(C)C2)c1. The van der Waals surface area contributed by atoms with Crippen LogP contribution in [0.15, 0.2) is 24.3 Å². The fourth-order valence-electron chi connectivity index (χ4n) is 3.73. The molecular formula is C18H30N2O. The van der Waals surface area contributed by atoms with Gasteiger partial charge in [0.1, 0.15) is 5.75 Å². The maximum absolute atomic E-state index is 6.32. The highest BCUT2D eigenvalue weighted by molar-refractivity contribution is 5.31. The van der Waals surface area contributed by atoms with Crippen molar-refractivity contribution in [3.63, 3.8) is 0 Å². The lowest BCUT2D eigenvalue weighted by Gasteiger charge is -2.41. The molecule has 0 aliphatic heterocycles. The number of rotatable bonds is 5. The first kappa shape index (κ1) is 16.3. The van der Waals surface area contributed by atoms with Gasteiger partial charge in [-0.3, -0.25) is 4.90 Å². The van der Waals surface area contributed by atoms with Gasteiger partial charge in [0, 0.05) is 18.1 Å². The van der Waals surface area contributed by atoms with E-state index in [1.54, 1.807) is 7.11 Å². The third kappa shape index (κ3) is 3.98. The Balaban J connectivity index is 2.21. The Morgan fingerprint density at radius 3 is 2.71 bits per heavy atom. The summed E-state index contributed by atoms with van der Waals surface area (Å²) < 4.78 is 5.37. The van der Waals surface area contributed by atoms with E-state index in [0.717, 1.165) is 11.7 Å². The molecule has 1 aromatic carbocycles. The van der Waals surface area contributed by atoms with Gasteiger partial charge < -0.3 is 10.5 Å². The van der Waals surface area contributed by atoms with E-state index in [1.807, 2.05) is 6.07 Å². The van der Waals surface area contributed by atoms with Gasteiger partial charge in [-0.1, -0.05) is 31.9 Å². The second-order valence-electron chi connectivity index (χ2n) is 6.67. The largest absolute Gasteiger partial charge is 0.497 e. The van der Waals surface area contributed by atoms with Crippen LogP contribution in [0.1, 0.15) is 51.1 Å². The zero-order chi connectivity index (χ0) is 15.4. The Hall–Kier alpha value is -1.06. The first-order valence-corrected chi connectivity index (χ1v) is 8.14. The Kier molecular flexibility index (Phi) is 5.65. The van der Waals surface area contributed by atoms with E-state index in [4.69, 9.17) is 10.5 Å². The highest BCUT2D eigenvalue weighted by Gasteiger charge is 2.30. The van der Waals surface area contributed by atoms with Crippen molar-refractivity contribution in [2.75, 3.05) is 14.2 Å². The van der Waals surface area contributed by atoms with Crippen LogP contribution in [-0.2, 0) is 0 Å². The molecule has 3 nitrogen and oxygen atoms in total. The standard InChI is InChI=1S/C18H30N2O/c1-13-7-5-9-16(11-13)20(3)18(14(2)19)15-8-6-10-17(12-15)21-4/h6,8,10,12-14,16,18H,5,7,9,11,19H2,1-4H3. The van der Waals surface area contributed by atoms with Crippen molar-refractivity contribution in [2.45, 2.75) is 57.7 Å². The summed E-state index contributed by atoms with van der Waals surface area (Å²) in [5.74, 6) is 1.73. The summed E-state index contributed by atoms with van der Waals surface area (Å²) in [6.07, 6.45) is 5.27. The maximum atomic E-state index is 6.32. The Morgan fingerprint density at radius 1 is 1.33 bits per heavy atom. The van der Waals surface area contributed by atoms with Crippen LogP contribution in [0, 0.1) is 5.92 Å². The van der Waals surface area contributed by atoms with Crippen molar-refractivity contribution < 1.29 is 4.74 Å². The summed E-state index contributed by atoms with van der Waals surface area (Å²) >= 11 is 0. The highest BCUT2D eigenvalue weighted by atomic mass is 16.5. The van der Waals surface area contributed by atoms with Gasteiger partial charge in [0.2, 0.25) is 0 Å². The van der Waals surface area contributed by atoms with Crippen LogP contribution in [-0.4, -0.2) is 31.1 Å². The summed E-state index contributed by atoms with van der Waals surface area (Å²) in [5.41, 5.74) is 7.57. The molecule has 0 radical (unpaired) electrons. The average Bonchev–Trinajstić information content (AvgIpc) is 2.47. The molecule has 0 heterocycles. The number of nitrogens with two attached hydrogens (primary N) is 1. The van der Waals surface area contributed by atoms with Crippen molar-refractivity contribution in [2.24, 2.45) is 11.7 Å². The predicted octanol–water partition coefficient (Wildman–Crippen LogP) is 3.59. The van der Waals surface area contributed by atoms with Gasteiger partial charge >= 0.3 is 0 Å². The molecule has 1 aliphatic carbocycles. The lowest BCUT2D eigenvalue weighted by molar-refractivity contribution is 0.106. The van der Waals surface area contributed by atoms with Crippen LogP contribution in [0.5, 0.6) is 5.75 Å². The van der Waals surface area contributed by atoms with E-state index >= 15 is 0 Å². The van der Waals surface area contributed by atoms with Crippen molar-refractivity contribution in [3.8, 4) is 5.75 Å². The van der Waals surface area contributed by atoms with Gasteiger partial charge in [0.25, 0.3) is 0 Å². The fraction of sp³-hybridized carbons (Fsp3) is 0.667. The minimum atomic E-state index is 0.0966. The molecule has 0 saturated heterocycles. The summed E-state index contributed by atoms with van der Waals surface area (Å²) in [6, 6.07) is 9.31. The third-order valence-electron chi connectivity index (χ3n) is 4.86. The number of ether oxygens (including phenoxy) is 1. The molecule has 0 amide bonds. The van der Waals surface area contributed by atoms with Gasteiger partial charge in [-0.15, -0.1) is 0 Å². The summed E-state index contributed by atoms with van der Waals surface area (Å²) in [5, 5.41) is 0. The second-order valence-corrected chi connectivity index (χ2v) is 6.67. The average molecular weight is 290 g/mol. The van der Waals surface area contributed by atoms with Gasteiger partial charge in [-0.2, -0.15) is 0 Å². The minimum Gasteiger partial charge on any atom is -0.497 e. The van der Waals surface area contributed by atoms with E-state index < -0.39 is 0 Å². The van der Waals surface area contributed by atoms with Crippen LogP contribution in [0.2, 0.25) is 0 Å². The van der Waals surface area contributed by atoms with Crippen molar-refractivity contribution in [1.82, 2.24) is 4.90 Å². The Bertz CT molecular complexity index is 447. The smallest absolute Gasteiger partial charge is 0.119 e. The molecule has 3 heteroatoms. The highest BCUT2D eigenvalue weighted by Crippen LogP contribution is 2.33. The fourth-order valence-corrected chi connectivity index (χ4v) is 3.73. The lowest BCUT2D eigenvalue weighted by atomic mass is 9.85. The zero-order valence-corrected chi connectivity index (χ0v) is 13.9. The number of hydrogen-bond donors (Lipinski definition) is 1. The molecule has 118 valence electrons. The first-order chi connectivity index (χ1) is 10.0. The molecule has 1 saturated carbocycles. The molecule has 1 aromatic rings. The lowest BCUT2D eigenvalue weighted by Crippen LogP contribution is -2.44. The topological polar surface area (TPSA) is 38.5 Å². The van der Waals surface area contributed by atoms with Crippen LogP contribution >= 0.6 is 0 Å². The molecule has 0 spiro atoms.